The topological polar surface area (TPSA) is 61.4 Å². The van der Waals surface area contributed by atoms with Crippen molar-refractivity contribution in [3.8, 4) is 0 Å². The first-order valence-corrected chi connectivity index (χ1v) is 16.1. The zero-order valence-corrected chi connectivity index (χ0v) is 24.9. The molecule has 216 valence electrons. The summed E-state index contributed by atoms with van der Waals surface area (Å²) in [6.07, 6.45) is 28.6. The van der Waals surface area contributed by atoms with E-state index in [1.165, 1.54) is 142 Å². The lowest BCUT2D eigenvalue weighted by atomic mass is 10.0. The molecule has 1 aromatic carbocycles. The van der Waals surface area contributed by atoms with E-state index >= 15 is 0 Å². The quantitative estimate of drug-likeness (QED) is 0.0861. The number of hydrogen-bond donors (Lipinski definition) is 2. The Hall–Kier alpha value is -1.36. The Morgan fingerprint density at radius 1 is 0.486 bits per heavy atom. The minimum atomic E-state index is -0.396. The second-order valence-electron chi connectivity index (χ2n) is 11.1. The van der Waals surface area contributed by atoms with Gasteiger partial charge in [0.05, 0.1) is 0 Å². The van der Waals surface area contributed by atoms with E-state index in [4.69, 9.17) is 0 Å². The van der Waals surface area contributed by atoms with E-state index in [2.05, 4.69) is 29.4 Å². The van der Waals surface area contributed by atoms with E-state index in [0.29, 0.717) is 11.4 Å². The fourth-order valence-electron chi connectivity index (χ4n) is 5.30. The van der Waals surface area contributed by atoms with Crippen LogP contribution >= 0.6 is 0 Å². The third-order valence-electron chi connectivity index (χ3n) is 7.77. The number of hydrogen-bond acceptors (Lipinski definition) is 5. The molecule has 0 atom stereocenters. The van der Waals surface area contributed by atoms with Gasteiger partial charge in [-0.2, -0.15) is 0 Å². The van der Waals surface area contributed by atoms with E-state index in [0.717, 1.165) is 19.5 Å². The summed E-state index contributed by atoms with van der Waals surface area (Å²) in [6.45, 7) is 8.74. The van der Waals surface area contributed by atoms with Gasteiger partial charge in [0, 0.05) is 13.6 Å². The van der Waals surface area contributed by atoms with Gasteiger partial charge in [-0.05, 0) is 38.9 Å². The summed E-state index contributed by atoms with van der Waals surface area (Å²) in [6, 6.07) is 0. The average Bonchev–Trinajstić information content (AvgIpc) is 2.91. The SMILES string of the molecule is CCCCCCCCCCCCCCCCN(CCCCCCCC)CCCNc1c(NC)c(=O)c1=O. The molecular weight excluding hydrogens is 458 g/mol. The molecular formula is C32H61N3O2. The van der Waals surface area contributed by atoms with Crippen molar-refractivity contribution in [1.29, 1.82) is 0 Å². The summed E-state index contributed by atoms with van der Waals surface area (Å²) in [7, 11) is 1.69. The van der Waals surface area contributed by atoms with Gasteiger partial charge in [0.25, 0.3) is 10.9 Å². The first kappa shape index (κ1) is 33.7. The van der Waals surface area contributed by atoms with Gasteiger partial charge in [0.2, 0.25) is 0 Å². The van der Waals surface area contributed by atoms with Crippen molar-refractivity contribution in [3.63, 3.8) is 0 Å². The molecule has 0 fully saturated rings. The third-order valence-corrected chi connectivity index (χ3v) is 7.77. The minimum absolute atomic E-state index is 0.379. The van der Waals surface area contributed by atoms with Gasteiger partial charge in [0.15, 0.2) is 0 Å². The summed E-state index contributed by atoms with van der Waals surface area (Å²) >= 11 is 0. The number of nitrogens with zero attached hydrogens (tertiary/aromatic N) is 1. The zero-order chi connectivity index (χ0) is 27.0. The number of unbranched alkanes of at least 4 members (excludes halogenated alkanes) is 18. The number of anilines is 2. The predicted octanol–water partition coefficient (Wildman–Crippen LogP) is 8.27. The molecule has 5 heteroatoms. The van der Waals surface area contributed by atoms with Crippen molar-refractivity contribution in [2.45, 2.75) is 149 Å². The van der Waals surface area contributed by atoms with Crippen molar-refractivity contribution < 1.29 is 0 Å². The van der Waals surface area contributed by atoms with Crippen molar-refractivity contribution in [2.24, 2.45) is 0 Å². The fourth-order valence-corrected chi connectivity index (χ4v) is 5.30. The second kappa shape index (κ2) is 23.7. The van der Waals surface area contributed by atoms with Crippen molar-refractivity contribution in [1.82, 2.24) is 4.90 Å². The molecule has 0 aliphatic heterocycles. The van der Waals surface area contributed by atoms with Gasteiger partial charge >= 0.3 is 0 Å². The Morgan fingerprint density at radius 2 is 0.838 bits per heavy atom. The molecule has 0 aromatic heterocycles. The Balaban J connectivity index is 2.14. The maximum atomic E-state index is 11.7. The minimum Gasteiger partial charge on any atom is -0.383 e. The molecule has 1 rings (SSSR count). The highest BCUT2D eigenvalue weighted by Gasteiger charge is 2.18. The molecule has 2 N–H and O–H groups in total. The van der Waals surface area contributed by atoms with Crippen LogP contribution < -0.4 is 21.5 Å². The maximum absolute atomic E-state index is 11.7. The smallest absolute Gasteiger partial charge is 0.253 e. The van der Waals surface area contributed by atoms with Crippen LogP contribution in [-0.2, 0) is 0 Å². The highest BCUT2D eigenvalue weighted by molar-refractivity contribution is 5.73. The highest BCUT2D eigenvalue weighted by atomic mass is 16.2. The summed E-state index contributed by atoms with van der Waals surface area (Å²) in [5, 5.41) is 6.02. The second-order valence-corrected chi connectivity index (χ2v) is 11.1. The van der Waals surface area contributed by atoms with Crippen LogP contribution in [0.5, 0.6) is 0 Å². The molecule has 0 radical (unpaired) electrons. The lowest BCUT2D eigenvalue weighted by Gasteiger charge is -2.23. The molecule has 0 saturated heterocycles. The van der Waals surface area contributed by atoms with Gasteiger partial charge in [-0.25, -0.2) is 0 Å². The monoisotopic (exact) mass is 519 g/mol. The molecule has 0 spiro atoms. The molecule has 0 amide bonds. The van der Waals surface area contributed by atoms with Crippen molar-refractivity contribution >= 4 is 11.4 Å². The van der Waals surface area contributed by atoms with Gasteiger partial charge in [-0.1, -0.05) is 129 Å². The first-order valence-electron chi connectivity index (χ1n) is 16.1. The van der Waals surface area contributed by atoms with Gasteiger partial charge in [-0.3, -0.25) is 9.59 Å². The van der Waals surface area contributed by atoms with Crippen molar-refractivity contribution in [3.05, 3.63) is 20.4 Å². The summed E-state index contributed by atoms with van der Waals surface area (Å²) in [4.78, 5) is 25.9. The molecule has 0 aliphatic carbocycles. The normalized spacial score (nSPS) is 11.6. The lowest BCUT2D eigenvalue weighted by Crippen LogP contribution is -2.37. The largest absolute Gasteiger partial charge is 0.383 e. The highest BCUT2D eigenvalue weighted by Crippen LogP contribution is 2.15. The van der Waals surface area contributed by atoms with Gasteiger partial charge < -0.3 is 15.5 Å². The molecule has 37 heavy (non-hydrogen) atoms. The van der Waals surface area contributed by atoms with E-state index in [1.54, 1.807) is 7.05 Å². The number of rotatable bonds is 28. The van der Waals surface area contributed by atoms with E-state index in [9.17, 15) is 9.59 Å². The van der Waals surface area contributed by atoms with Crippen LogP contribution in [0.15, 0.2) is 9.59 Å². The van der Waals surface area contributed by atoms with E-state index in [-0.39, 0.29) is 5.43 Å². The van der Waals surface area contributed by atoms with Crippen LogP contribution in [0.2, 0.25) is 0 Å². The van der Waals surface area contributed by atoms with Crippen LogP contribution in [0.4, 0.5) is 11.4 Å². The Morgan fingerprint density at radius 3 is 1.24 bits per heavy atom. The summed E-state index contributed by atoms with van der Waals surface area (Å²) in [5.41, 5.74) is 0.140. The Kier molecular flexibility index (Phi) is 21.6. The third kappa shape index (κ3) is 16.3. The van der Waals surface area contributed by atoms with Crippen LogP contribution in [0.3, 0.4) is 0 Å². The van der Waals surface area contributed by atoms with Gasteiger partial charge in [0.1, 0.15) is 11.4 Å². The lowest BCUT2D eigenvalue weighted by molar-refractivity contribution is 0.259. The maximum Gasteiger partial charge on any atom is 0.253 e. The Labute approximate surface area is 229 Å². The summed E-state index contributed by atoms with van der Waals surface area (Å²) in [5.74, 6) is 0. The van der Waals surface area contributed by atoms with Crippen molar-refractivity contribution in [2.75, 3.05) is 43.9 Å². The molecule has 0 heterocycles. The standard InChI is InChI=1S/C32H61N3O2/c1-4-6-8-10-12-13-14-15-16-17-18-19-21-23-27-35(26-22-20-11-9-7-5-2)28-24-25-34-30-29(33-3)31(36)32(30)37/h33-34H,4-28H2,1-3H3. The molecule has 5 nitrogen and oxygen atoms in total. The van der Waals surface area contributed by atoms with Crippen LogP contribution in [0.1, 0.15) is 149 Å². The van der Waals surface area contributed by atoms with Crippen LogP contribution in [0.25, 0.3) is 0 Å². The zero-order valence-electron chi connectivity index (χ0n) is 24.9. The Bertz CT molecular complexity index is 711. The average molecular weight is 520 g/mol. The summed E-state index contributed by atoms with van der Waals surface area (Å²) < 4.78 is 0. The molecule has 0 bridgehead atoms. The molecule has 1 aromatic rings. The fraction of sp³-hybridized carbons (Fsp3) is 0.875. The molecule has 0 aliphatic rings. The molecule has 0 saturated carbocycles. The first-order chi connectivity index (χ1) is 18.2. The molecule has 0 unspecified atom stereocenters. The predicted molar refractivity (Wildman–Crippen MR) is 164 cm³/mol. The van der Waals surface area contributed by atoms with Crippen LogP contribution in [-0.4, -0.2) is 38.1 Å². The van der Waals surface area contributed by atoms with E-state index < -0.39 is 5.43 Å². The van der Waals surface area contributed by atoms with Crippen LogP contribution in [0, 0.1) is 0 Å². The number of nitrogens with one attached hydrogen (secondary N) is 2. The van der Waals surface area contributed by atoms with Gasteiger partial charge in [-0.15, -0.1) is 0 Å². The van der Waals surface area contributed by atoms with E-state index in [1.807, 2.05) is 0 Å².